The van der Waals surface area contributed by atoms with E-state index in [1.54, 1.807) is 18.3 Å². The molecule has 0 saturated carbocycles. The summed E-state index contributed by atoms with van der Waals surface area (Å²) in [5.74, 6) is -1.16. The van der Waals surface area contributed by atoms with Crippen LogP contribution in [0.3, 0.4) is 0 Å². The van der Waals surface area contributed by atoms with Crippen molar-refractivity contribution in [3.05, 3.63) is 54.2 Å². The summed E-state index contributed by atoms with van der Waals surface area (Å²) in [6.07, 6.45) is 1.63. The number of fused-ring (bicyclic) bond motifs is 1. The number of nitrogens with one attached hydrogen (secondary N) is 1. The average molecular weight is 342 g/mol. The standard InChI is InChI=1S/C18H16F2N4O/c1-23-8-12(9-23)18(25)21-17-5-3-14(7-15(17)20)24-10-11-6-13(19)2-4-16(11)22-24/h2-7,10,12H,8-9H2,1H3,(H,21,25). The van der Waals surface area contributed by atoms with Crippen molar-refractivity contribution in [2.24, 2.45) is 5.92 Å². The first kappa shape index (κ1) is 15.7. The van der Waals surface area contributed by atoms with E-state index >= 15 is 0 Å². The summed E-state index contributed by atoms with van der Waals surface area (Å²) in [4.78, 5) is 14.1. The number of amides is 1. The lowest BCUT2D eigenvalue weighted by Crippen LogP contribution is -2.49. The third kappa shape index (κ3) is 2.98. The van der Waals surface area contributed by atoms with Crippen LogP contribution >= 0.6 is 0 Å². The third-order valence-electron chi connectivity index (χ3n) is 4.38. The van der Waals surface area contributed by atoms with Crippen LogP contribution in [0, 0.1) is 17.6 Å². The molecular formula is C18H16F2N4O. The van der Waals surface area contributed by atoms with Gasteiger partial charge in [0, 0.05) is 30.7 Å². The third-order valence-corrected chi connectivity index (χ3v) is 4.38. The normalized spacial score (nSPS) is 15.3. The molecule has 1 aliphatic heterocycles. The fourth-order valence-electron chi connectivity index (χ4n) is 2.98. The molecule has 0 bridgehead atoms. The van der Waals surface area contributed by atoms with Gasteiger partial charge in [0.15, 0.2) is 0 Å². The van der Waals surface area contributed by atoms with Crippen LogP contribution in [0.2, 0.25) is 0 Å². The van der Waals surface area contributed by atoms with Crippen molar-refractivity contribution < 1.29 is 13.6 Å². The largest absolute Gasteiger partial charge is 0.323 e. The number of likely N-dealkylation sites (tertiary alicyclic amines) is 1. The Morgan fingerprint density at radius 2 is 2.00 bits per heavy atom. The number of halogens is 2. The number of hydrogen-bond donors (Lipinski definition) is 1. The summed E-state index contributed by atoms with van der Waals surface area (Å²) >= 11 is 0. The summed E-state index contributed by atoms with van der Waals surface area (Å²) < 4.78 is 29.1. The van der Waals surface area contributed by atoms with Gasteiger partial charge in [-0.25, -0.2) is 13.5 Å². The Morgan fingerprint density at radius 1 is 1.20 bits per heavy atom. The second-order valence-electron chi connectivity index (χ2n) is 6.35. The Bertz CT molecular complexity index is 963. The van der Waals surface area contributed by atoms with E-state index in [-0.39, 0.29) is 23.3 Å². The predicted octanol–water partition coefficient (Wildman–Crippen LogP) is 2.80. The molecule has 0 atom stereocenters. The lowest BCUT2D eigenvalue weighted by atomic mass is 10.0. The molecule has 1 N–H and O–H groups in total. The number of anilines is 1. The van der Waals surface area contributed by atoms with Crippen molar-refractivity contribution in [2.75, 3.05) is 25.5 Å². The van der Waals surface area contributed by atoms with Crippen molar-refractivity contribution in [1.29, 1.82) is 0 Å². The summed E-state index contributed by atoms with van der Waals surface area (Å²) in [6.45, 7) is 1.37. The molecule has 0 spiro atoms. The van der Waals surface area contributed by atoms with Crippen molar-refractivity contribution in [1.82, 2.24) is 14.7 Å². The monoisotopic (exact) mass is 342 g/mol. The van der Waals surface area contributed by atoms with Gasteiger partial charge in [-0.1, -0.05) is 0 Å². The van der Waals surface area contributed by atoms with Crippen LogP contribution < -0.4 is 5.32 Å². The Kier molecular flexibility index (Phi) is 3.73. The maximum absolute atomic E-state index is 14.4. The van der Waals surface area contributed by atoms with Crippen LogP contribution in [0.4, 0.5) is 14.5 Å². The smallest absolute Gasteiger partial charge is 0.230 e. The van der Waals surface area contributed by atoms with Gasteiger partial charge in [0.1, 0.15) is 11.6 Å². The summed E-state index contributed by atoms with van der Waals surface area (Å²) in [5, 5.41) is 7.56. The van der Waals surface area contributed by atoms with Gasteiger partial charge in [-0.3, -0.25) is 4.79 Å². The van der Waals surface area contributed by atoms with Crippen LogP contribution in [0.15, 0.2) is 42.6 Å². The molecular weight excluding hydrogens is 326 g/mol. The van der Waals surface area contributed by atoms with Crippen LogP contribution in [0.1, 0.15) is 0 Å². The average Bonchev–Trinajstić information content (AvgIpc) is 2.96. The van der Waals surface area contributed by atoms with Gasteiger partial charge in [-0.2, -0.15) is 5.10 Å². The molecule has 0 aliphatic carbocycles. The van der Waals surface area contributed by atoms with E-state index in [1.165, 1.54) is 28.9 Å². The number of rotatable bonds is 3. The number of carbonyl (C=O) groups is 1. The Balaban J connectivity index is 1.57. The van der Waals surface area contributed by atoms with Gasteiger partial charge < -0.3 is 10.2 Å². The van der Waals surface area contributed by atoms with Gasteiger partial charge in [-0.15, -0.1) is 0 Å². The number of nitrogens with zero attached hydrogens (tertiary/aromatic N) is 3. The molecule has 5 nitrogen and oxygen atoms in total. The molecule has 4 rings (SSSR count). The molecule has 2 heterocycles. The van der Waals surface area contributed by atoms with E-state index in [9.17, 15) is 13.6 Å². The van der Waals surface area contributed by atoms with Crippen LogP contribution in [-0.4, -0.2) is 40.7 Å². The maximum atomic E-state index is 14.4. The molecule has 1 aliphatic rings. The summed E-state index contributed by atoms with van der Waals surface area (Å²) in [7, 11) is 1.93. The van der Waals surface area contributed by atoms with Crippen molar-refractivity contribution in [2.45, 2.75) is 0 Å². The highest BCUT2D eigenvalue weighted by Crippen LogP contribution is 2.22. The molecule has 0 radical (unpaired) electrons. The van der Waals surface area contributed by atoms with E-state index in [2.05, 4.69) is 10.4 Å². The zero-order chi connectivity index (χ0) is 17.6. The van der Waals surface area contributed by atoms with Gasteiger partial charge >= 0.3 is 0 Å². The molecule has 25 heavy (non-hydrogen) atoms. The van der Waals surface area contributed by atoms with Gasteiger partial charge in [0.25, 0.3) is 0 Å². The number of carbonyl (C=O) groups excluding carboxylic acids is 1. The quantitative estimate of drug-likeness (QED) is 0.796. The number of benzene rings is 2. The topological polar surface area (TPSA) is 50.2 Å². The van der Waals surface area contributed by atoms with Gasteiger partial charge in [0.2, 0.25) is 5.91 Å². The Morgan fingerprint density at radius 3 is 2.72 bits per heavy atom. The zero-order valence-corrected chi connectivity index (χ0v) is 13.5. The molecule has 1 fully saturated rings. The van der Waals surface area contributed by atoms with E-state index in [0.29, 0.717) is 29.7 Å². The van der Waals surface area contributed by atoms with E-state index in [4.69, 9.17) is 0 Å². The van der Waals surface area contributed by atoms with E-state index < -0.39 is 5.82 Å². The molecule has 7 heteroatoms. The minimum absolute atomic E-state index is 0.101. The Labute approximate surface area is 142 Å². The number of hydrogen-bond acceptors (Lipinski definition) is 3. The predicted molar refractivity (Wildman–Crippen MR) is 90.6 cm³/mol. The molecule has 0 unspecified atom stereocenters. The molecule has 1 saturated heterocycles. The number of aromatic nitrogens is 2. The highest BCUT2D eigenvalue weighted by atomic mass is 19.1. The summed E-state index contributed by atoms with van der Waals surface area (Å²) in [6, 6.07) is 8.74. The van der Waals surface area contributed by atoms with Gasteiger partial charge in [0.05, 0.1) is 22.8 Å². The minimum Gasteiger partial charge on any atom is -0.323 e. The highest BCUT2D eigenvalue weighted by Gasteiger charge is 2.30. The second kappa shape index (κ2) is 5.93. The van der Waals surface area contributed by atoms with Crippen LogP contribution in [0.25, 0.3) is 16.6 Å². The lowest BCUT2D eigenvalue weighted by Gasteiger charge is -2.34. The first-order valence-corrected chi connectivity index (χ1v) is 7.94. The minimum atomic E-state index is -0.538. The lowest BCUT2D eigenvalue weighted by molar-refractivity contribution is -0.124. The SMILES string of the molecule is CN1CC(C(=O)Nc2ccc(-n3cc4cc(F)ccc4n3)cc2F)C1. The fraction of sp³-hybridized carbons (Fsp3) is 0.222. The van der Waals surface area contributed by atoms with E-state index in [0.717, 1.165) is 0 Å². The van der Waals surface area contributed by atoms with Crippen molar-refractivity contribution in [3.8, 4) is 5.69 Å². The first-order valence-electron chi connectivity index (χ1n) is 7.94. The molecule has 2 aromatic carbocycles. The van der Waals surface area contributed by atoms with Crippen molar-refractivity contribution >= 4 is 22.5 Å². The molecule has 128 valence electrons. The van der Waals surface area contributed by atoms with Crippen LogP contribution in [0.5, 0.6) is 0 Å². The highest BCUT2D eigenvalue weighted by molar-refractivity contribution is 5.93. The van der Waals surface area contributed by atoms with Crippen LogP contribution in [-0.2, 0) is 4.79 Å². The second-order valence-corrected chi connectivity index (χ2v) is 6.35. The summed E-state index contributed by atoms with van der Waals surface area (Å²) in [5.41, 5.74) is 1.26. The van der Waals surface area contributed by atoms with Crippen molar-refractivity contribution in [3.63, 3.8) is 0 Å². The maximum Gasteiger partial charge on any atom is 0.230 e. The zero-order valence-electron chi connectivity index (χ0n) is 13.5. The molecule has 1 amide bonds. The molecule has 3 aromatic rings. The Hall–Kier alpha value is -2.80. The fourth-order valence-corrected chi connectivity index (χ4v) is 2.98. The van der Waals surface area contributed by atoms with Gasteiger partial charge in [-0.05, 0) is 37.4 Å². The molecule has 1 aromatic heterocycles. The van der Waals surface area contributed by atoms with E-state index in [1.807, 2.05) is 11.9 Å². The first-order chi connectivity index (χ1) is 12.0.